The molecule has 7 heteroatoms. The molecule has 5 rings (SSSR count). The average Bonchev–Trinajstić information content (AvgIpc) is 3.49. The van der Waals surface area contributed by atoms with Crippen LogP contribution in [-0.2, 0) is 22.6 Å². The molecule has 1 saturated carbocycles. The van der Waals surface area contributed by atoms with Crippen molar-refractivity contribution in [1.29, 1.82) is 0 Å². The maximum absolute atomic E-state index is 14.1. The Hall–Kier alpha value is -3.87. The summed E-state index contributed by atoms with van der Waals surface area (Å²) in [6, 6.07) is 29.8. The number of amides is 2. The van der Waals surface area contributed by atoms with Gasteiger partial charge in [-0.25, -0.2) is 0 Å². The maximum Gasteiger partial charge on any atom is 0.254 e. The number of hydrogen-bond donors (Lipinski definition) is 0. The molecule has 1 aliphatic carbocycles. The van der Waals surface area contributed by atoms with Crippen LogP contribution in [0.15, 0.2) is 97.2 Å². The van der Waals surface area contributed by atoms with Crippen LogP contribution >= 0.6 is 11.6 Å². The quantitative estimate of drug-likeness (QED) is 0.172. The van der Waals surface area contributed by atoms with Gasteiger partial charge in [0.15, 0.2) is 0 Å². The van der Waals surface area contributed by atoms with E-state index in [4.69, 9.17) is 16.3 Å². The van der Waals surface area contributed by atoms with Crippen LogP contribution in [-0.4, -0.2) is 59.0 Å². The molecule has 0 saturated heterocycles. The summed E-state index contributed by atoms with van der Waals surface area (Å²) < 4.78 is 7.49. The van der Waals surface area contributed by atoms with Gasteiger partial charge in [-0.15, -0.1) is 0 Å². The van der Waals surface area contributed by atoms with E-state index in [0.29, 0.717) is 31.8 Å². The Morgan fingerprint density at radius 2 is 1.56 bits per heavy atom. The summed E-state index contributed by atoms with van der Waals surface area (Å²) in [6.07, 6.45) is 7.40. The van der Waals surface area contributed by atoms with E-state index in [1.807, 2.05) is 96.0 Å². The molecule has 0 N–H and O–H groups in total. The number of carbonyl (C=O) groups is 2. The van der Waals surface area contributed by atoms with Crippen LogP contribution < -0.4 is 0 Å². The van der Waals surface area contributed by atoms with Crippen molar-refractivity contribution in [2.45, 2.75) is 51.2 Å². The van der Waals surface area contributed by atoms with Crippen molar-refractivity contribution >= 4 is 23.4 Å². The van der Waals surface area contributed by atoms with Crippen molar-refractivity contribution in [1.82, 2.24) is 14.4 Å². The van der Waals surface area contributed by atoms with Crippen LogP contribution in [0.3, 0.4) is 0 Å². The third-order valence-electron chi connectivity index (χ3n) is 8.31. The van der Waals surface area contributed by atoms with E-state index in [1.54, 1.807) is 12.0 Å². The minimum atomic E-state index is -0.171. The maximum atomic E-state index is 14.1. The number of carbonyl (C=O) groups excluding carboxylic acids is 2. The third kappa shape index (κ3) is 7.95. The molecule has 4 aromatic rings. The Labute approximate surface area is 259 Å². The summed E-state index contributed by atoms with van der Waals surface area (Å²) in [7, 11) is 1.61. The highest BCUT2D eigenvalue weighted by molar-refractivity contribution is 6.31. The van der Waals surface area contributed by atoms with E-state index in [2.05, 4.69) is 10.6 Å². The molecule has 43 heavy (non-hydrogen) atoms. The third-order valence-corrected chi connectivity index (χ3v) is 8.68. The van der Waals surface area contributed by atoms with E-state index in [0.717, 1.165) is 53.1 Å². The van der Waals surface area contributed by atoms with Gasteiger partial charge in [0.05, 0.1) is 13.2 Å². The summed E-state index contributed by atoms with van der Waals surface area (Å²) in [5.41, 5.74) is 4.77. The van der Waals surface area contributed by atoms with Gasteiger partial charge in [0.1, 0.15) is 6.54 Å². The predicted molar refractivity (Wildman–Crippen MR) is 172 cm³/mol. The number of rotatable bonds is 12. The molecule has 6 nitrogen and oxygen atoms in total. The van der Waals surface area contributed by atoms with E-state index < -0.39 is 0 Å². The van der Waals surface area contributed by atoms with E-state index in [9.17, 15) is 9.59 Å². The minimum Gasteiger partial charge on any atom is -0.383 e. The lowest BCUT2D eigenvalue weighted by Gasteiger charge is -2.36. The molecular weight excluding hydrogens is 558 g/mol. The number of aromatic nitrogens is 1. The summed E-state index contributed by atoms with van der Waals surface area (Å²) in [6.45, 7) is 1.81. The molecule has 0 atom stereocenters. The van der Waals surface area contributed by atoms with Gasteiger partial charge < -0.3 is 19.1 Å². The Morgan fingerprint density at radius 1 is 0.860 bits per heavy atom. The largest absolute Gasteiger partial charge is 0.383 e. The molecule has 3 aromatic carbocycles. The highest BCUT2D eigenvalue weighted by Gasteiger charge is 2.29. The van der Waals surface area contributed by atoms with Crippen LogP contribution in [0, 0.1) is 0 Å². The minimum absolute atomic E-state index is 0.00432. The fraction of sp³-hybridized carbons (Fsp3) is 0.333. The molecule has 2 amide bonds. The molecule has 1 fully saturated rings. The molecule has 0 radical (unpaired) electrons. The average molecular weight is 598 g/mol. The smallest absolute Gasteiger partial charge is 0.254 e. The number of benzene rings is 3. The SMILES string of the molecule is COCCN(CC(=O)N(Cc1cccn1Cc1ccccc1Cl)C1CCCCC1)C(=O)c1ccc(-c2ccccc2)cc1. The van der Waals surface area contributed by atoms with Gasteiger partial charge in [0.25, 0.3) is 5.91 Å². The van der Waals surface area contributed by atoms with Gasteiger partial charge in [0.2, 0.25) is 5.91 Å². The number of hydrogen-bond acceptors (Lipinski definition) is 3. The van der Waals surface area contributed by atoms with E-state index >= 15 is 0 Å². The van der Waals surface area contributed by atoms with Gasteiger partial charge >= 0.3 is 0 Å². The highest BCUT2D eigenvalue weighted by Crippen LogP contribution is 2.26. The first-order chi connectivity index (χ1) is 21.0. The normalized spacial score (nSPS) is 13.5. The molecule has 0 aliphatic heterocycles. The van der Waals surface area contributed by atoms with Crippen molar-refractivity contribution in [2.24, 2.45) is 0 Å². The summed E-state index contributed by atoms with van der Waals surface area (Å²) in [5, 5.41) is 0.728. The van der Waals surface area contributed by atoms with Gasteiger partial charge in [0, 0.05) is 48.7 Å². The number of halogens is 1. The molecule has 1 heterocycles. The van der Waals surface area contributed by atoms with Crippen LogP contribution in [0.5, 0.6) is 0 Å². The molecule has 0 bridgehead atoms. The molecule has 1 aliphatic rings. The Balaban J connectivity index is 1.34. The monoisotopic (exact) mass is 597 g/mol. The lowest BCUT2D eigenvalue weighted by atomic mass is 9.94. The van der Waals surface area contributed by atoms with Crippen molar-refractivity contribution in [3.05, 3.63) is 119 Å². The molecular formula is C36H40ClN3O3. The summed E-state index contributed by atoms with van der Waals surface area (Å²) in [5.74, 6) is -0.210. The van der Waals surface area contributed by atoms with Gasteiger partial charge in [-0.3, -0.25) is 9.59 Å². The number of methoxy groups -OCH3 is 1. The second kappa shape index (κ2) is 15.0. The van der Waals surface area contributed by atoms with Crippen LogP contribution in [0.1, 0.15) is 53.7 Å². The first-order valence-electron chi connectivity index (χ1n) is 15.1. The summed E-state index contributed by atoms with van der Waals surface area (Å²) >= 11 is 6.46. The first kappa shape index (κ1) is 30.6. The fourth-order valence-electron chi connectivity index (χ4n) is 5.87. The molecule has 224 valence electrons. The van der Waals surface area contributed by atoms with Crippen LogP contribution in [0.4, 0.5) is 0 Å². The Morgan fingerprint density at radius 3 is 2.28 bits per heavy atom. The predicted octanol–water partition coefficient (Wildman–Crippen LogP) is 7.31. The van der Waals surface area contributed by atoms with Crippen molar-refractivity contribution in [3.63, 3.8) is 0 Å². The lowest BCUT2D eigenvalue weighted by molar-refractivity contribution is -0.136. The van der Waals surface area contributed by atoms with E-state index in [1.165, 1.54) is 6.42 Å². The van der Waals surface area contributed by atoms with Gasteiger partial charge in [-0.05, 0) is 59.9 Å². The standard InChI is InChI=1S/C36H40ClN3O3/c1-43-24-23-39(36(42)30-20-18-29(19-21-30)28-11-4-2-5-12-28)27-35(41)40(32-14-6-3-7-15-32)26-33-16-10-22-38(33)25-31-13-8-9-17-34(31)37/h2,4-5,8-13,16-22,32H,3,6-7,14-15,23-27H2,1H3. The van der Waals surface area contributed by atoms with Crippen LogP contribution in [0.2, 0.25) is 5.02 Å². The Bertz CT molecular complexity index is 1480. The summed E-state index contributed by atoms with van der Waals surface area (Å²) in [4.78, 5) is 31.5. The first-order valence-corrected chi connectivity index (χ1v) is 15.5. The lowest BCUT2D eigenvalue weighted by Crippen LogP contribution is -2.48. The van der Waals surface area contributed by atoms with E-state index in [-0.39, 0.29) is 24.4 Å². The zero-order valence-corrected chi connectivity index (χ0v) is 25.6. The second-order valence-electron chi connectivity index (χ2n) is 11.2. The van der Waals surface area contributed by atoms with Crippen molar-refractivity contribution < 1.29 is 14.3 Å². The second-order valence-corrected chi connectivity index (χ2v) is 11.6. The highest BCUT2D eigenvalue weighted by atomic mass is 35.5. The number of ether oxygens (including phenoxy) is 1. The number of nitrogens with zero attached hydrogens (tertiary/aromatic N) is 3. The Kier molecular flexibility index (Phi) is 10.7. The zero-order valence-electron chi connectivity index (χ0n) is 24.8. The van der Waals surface area contributed by atoms with Crippen LogP contribution in [0.25, 0.3) is 11.1 Å². The topological polar surface area (TPSA) is 54.8 Å². The molecule has 1 aromatic heterocycles. The van der Waals surface area contributed by atoms with Crippen molar-refractivity contribution in [2.75, 3.05) is 26.8 Å². The van der Waals surface area contributed by atoms with Crippen molar-refractivity contribution in [3.8, 4) is 11.1 Å². The fourth-order valence-corrected chi connectivity index (χ4v) is 6.07. The molecule has 0 unspecified atom stereocenters. The molecule has 0 spiro atoms. The van der Waals surface area contributed by atoms with Gasteiger partial charge in [-0.1, -0.05) is 91.5 Å². The zero-order chi connectivity index (χ0) is 30.0. The van der Waals surface area contributed by atoms with Gasteiger partial charge in [-0.2, -0.15) is 0 Å².